The lowest BCUT2D eigenvalue weighted by molar-refractivity contribution is 0.128. The fourth-order valence-corrected chi connectivity index (χ4v) is 2.29. The molecule has 1 aliphatic rings. The maximum atomic E-state index is 5.39. The minimum Gasteiger partial charge on any atom is -0.354 e. The Morgan fingerprint density at radius 3 is 2.39 bits per heavy atom. The first-order chi connectivity index (χ1) is 8.50. The predicted octanol–water partition coefficient (Wildman–Crippen LogP) is 1.29. The van der Waals surface area contributed by atoms with Crippen molar-refractivity contribution in [2.24, 2.45) is 5.84 Å². The van der Waals surface area contributed by atoms with Gasteiger partial charge in [0.25, 0.3) is 0 Å². The number of nitrogen functional groups attached to an aromatic ring is 1. The molecule has 1 aromatic heterocycles. The first-order valence-corrected chi connectivity index (χ1v) is 6.44. The molecule has 0 radical (unpaired) electrons. The molecule has 0 spiro atoms. The third-order valence-electron chi connectivity index (χ3n) is 3.43. The Bertz CT molecular complexity index is 391. The van der Waals surface area contributed by atoms with Crippen molar-refractivity contribution in [2.75, 3.05) is 36.5 Å². The molecule has 0 bridgehead atoms. The minimum atomic E-state index is 0.250. The lowest BCUT2D eigenvalue weighted by Gasteiger charge is -2.42. The van der Waals surface area contributed by atoms with E-state index >= 15 is 0 Å². The minimum absolute atomic E-state index is 0.250. The van der Waals surface area contributed by atoms with Crippen molar-refractivity contribution in [1.29, 1.82) is 0 Å². The molecule has 5 heteroatoms. The first-order valence-electron chi connectivity index (χ1n) is 6.44. The summed E-state index contributed by atoms with van der Waals surface area (Å²) in [7, 11) is 0. The Hall–Kier alpha value is -1.33. The summed E-state index contributed by atoms with van der Waals surface area (Å²) in [6, 6.07) is 5.89. The first kappa shape index (κ1) is 13.1. The molecule has 0 saturated carbocycles. The van der Waals surface area contributed by atoms with Crippen LogP contribution >= 0.6 is 0 Å². The number of nitrogens with one attached hydrogen (secondary N) is 1. The molecule has 2 rings (SSSR count). The van der Waals surface area contributed by atoms with Crippen LogP contribution in [0.4, 0.5) is 11.6 Å². The van der Waals surface area contributed by atoms with Crippen molar-refractivity contribution in [2.45, 2.75) is 26.3 Å². The highest BCUT2D eigenvalue weighted by Crippen LogP contribution is 2.20. The second kappa shape index (κ2) is 5.12. The molecular weight excluding hydrogens is 226 g/mol. The van der Waals surface area contributed by atoms with Gasteiger partial charge in [0.05, 0.1) is 0 Å². The molecule has 1 aliphatic heterocycles. The smallest absolute Gasteiger partial charge is 0.142 e. The lowest BCUT2D eigenvalue weighted by Crippen LogP contribution is -2.53. The molecule has 2 heterocycles. The zero-order chi connectivity index (χ0) is 13.2. The number of hydrogen-bond donors (Lipinski definition) is 2. The number of nitrogens with zero attached hydrogens (tertiary/aromatic N) is 3. The van der Waals surface area contributed by atoms with Crippen molar-refractivity contribution in [3.05, 3.63) is 18.2 Å². The maximum Gasteiger partial charge on any atom is 0.142 e. The van der Waals surface area contributed by atoms with E-state index in [1.807, 2.05) is 18.2 Å². The fraction of sp³-hybridized carbons (Fsp3) is 0.615. The molecule has 0 unspecified atom stereocenters. The van der Waals surface area contributed by atoms with Crippen LogP contribution in [-0.4, -0.2) is 41.6 Å². The second-order valence-electron chi connectivity index (χ2n) is 5.67. The third-order valence-corrected chi connectivity index (χ3v) is 3.43. The van der Waals surface area contributed by atoms with Gasteiger partial charge in [-0.05, 0) is 32.9 Å². The van der Waals surface area contributed by atoms with Crippen LogP contribution in [0.1, 0.15) is 20.8 Å². The number of hydrazine groups is 1. The Morgan fingerprint density at radius 2 is 1.83 bits per heavy atom. The standard InChI is InChI=1S/C13H23N5/c1-13(2,3)18-9-7-17(8-10-18)12-6-4-5-11(15-12)16-14/h4-6H,7-10,14H2,1-3H3,(H,15,16). The van der Waals surface area contributed by atoms with Crippen LogP contribution in [-0.2, 0) is 0 Å². The van der Waals surface area contributed by atoms with Crippen LogP contribution < -0.4 is 16.2 Å². The van der Waals surface area contributed by atoms with Gasteiger partial charge in [0.15, 0.2) is 0 Å². The molecule has 0 aromatic carbocycles. The third kappa shape index (κ3) is 2.91. The summed E-state index contributed by atoms with van der Waals surface area (Å²) in [6.45, 7) is 11.0. The van der Waals surface area contributed by atoms with Crippen LogP contribution in [0.5, 0.6) is 0 Å². The second-order valence-corrected chi connectivity index (χ2v) is 5.67. The van der Waals surface area contributed by atoms with Gasteiger partial charge in [0, 0.05) is 31.7 Å². The molecule has 1 saturated heterocycles. The number of hydrogen-bond acceptors (Lipinski definition) is 5. The topological polar surface area (TPSA) is 57.4 Å². The van der Waals surface area contributed by atoms with Crippen molar-refractivity contribution in [3.8, 4) is 0 Å². The normalized spacial score (nSPS) is 17.9. The maximum absolute atomic E-state index is 5.39. The number of nitrogens with two attached hydrogens (primary N) is 1. The Balaban J connectivity index is 2.01. The quantitative estimate of drug-likeness (QED) is 0.611. The van der Waals surface area contributed by atoms with Crippen molar-refractivity contribution in [1.82, 2.24) is 9.88 Å². The number of pyridine rings is 1. The van der Waals surface area contributed by atoms with Crippen molar-refractivity contribution in [3.63, 3.8) is 0 Å². The van der Waals surface area contributed by atoms with E-state index in [1.165, 1.54) is 0 Å². The van der Waals surface area contributed by atoms with Gasteiger partial charge < -0.3 is 10.3 Å². The van der Waals surface area contributed by atoms with Crippen LogP contribution in [0.3, 0.4) is 0 Å². The van der Waals surface area contributed by atoms with Gasteiger partial charge in [-0.1, -0.05) is 6.07 Å². The van der Waals surface area contributed by atoms with Crippen LogP contribution in [0.15, 0.2) is 18.2 Å². The highest BCUT2D eigenvalue weighted by molar-refractivity contribution is 5.46. The zero-order valence-electron chi connectivity index (χ0n) is 11.5. The van der Waals surface area contributed by atoms with E-state index < -0.39 is 0 Å². The van der Waals surface area contributed by atoms with Gasteiger partial charge in [0.1, 0.15) is 11.6 Å². The highest BCUT2D eigenvalue weighted by atomic mass is 15.3. The van der Waals surface area contributed by atoms with Gasteiger partial charge in [-0.15, -0.1) is 0 Å². The Morgan fingerprint density at radius 1 is 1.17 bits per heavy atom. The Labute approximate surface area is 109 Å². The van der Waals surface area contributed by atoms with E-state index in [-0.39, 0.29) is 5.54 Å². The molecule has 100 valence electrons. The molecule has 0 amide bonds. The average molecular weight is 249 g/mol. The van der Waals surface area contributed by atoms with Crippen LogP contribution in [0.25, 0.3) is 0 Å². The predicted molar refractivity (Wildman–Crippen MR) is 75.6 cm³/mol. The lowest BCUT2D eigenvalue weighted by atomic mass is 10.1. The van der Waals surface area contributed by atoms with Crippen molar-refractivity contribution < 1.29 is 0 Å². The summed E-state index contributed by atoms with van der Waals surface area (Å²) in [4.78, 5) is 9.29. The van der Waals surface area contributed by atoms with Crippen LogP contribution in [0, 0.1) is 0 Å². The monoisotopic (exact) mass is 249 g/mol. The number of anilines is 2. The van der Waals surface area contributed by atoms with E-state index in [1.54, 1.807) is 0 Å². The van der Waals surface area contributed by atoms with Gasteiger partial charge in [-0.3, -0.25) is 4.90 Å². The largest absolute Gasteiger partial charge is 0.354 e. The zero-order valence-corrected chi connectivity index (χ0v) is 11.5. The summed E-state index contributed by atoms with van der Waals surface area (Å²) in [5, 5.41) is 0. The molecule has 0 aliphatic carbocycles. The number of rotatable bonds is 2. The van der Waals surface area contributed by atoms with Gasteiger partial charge in [0.2, 0.25) is 0 Å². The van der Waals surface area contributed by atoms with E-state index in [4.69, 9.17) is 5.84 Å². The van der Waals surface area contributed by atoms with E-state index in [2.05, 4.69) is 41.0 Å². The van der Waals surface area contributed by atoms with E-state index in [0.29, 0.717) is 5.82 Å². The number of aromatic nitrogens is 1. The molecule has 0 atom stereocenters. The van der Waals surface area contributed by atoms with Gasteiger partial charge >= 0.3 is 0 Å². The molecule has 18 heavy (non-hydrogen) atoms. The SMILES string of the molecule is CC(C)(C)N1CCN(c2cccc(NN)n2)CC1. The molecule has 1 fully saturated rings. The van der Waals surface area contributed by atoms with Gasteiger partial charge in [-0.2, -0.15) is 0 Å². The molecule has 5 nitrogen and oxygen atoms in total. The molecule has 1 aromatic rings. The summed E-state index contributed by atoms with van der Waals surface area (Å²) >= 11 is 0. The number of piperazine rings is 1. The fourth-order valence-electron chi connectivity index (χ4n) is 2.29. The summed E-state index contributed by atoms with van der Waals surface area (Å²) < 4.78 is 0. The molecule has 3 N–H and O–H groups in total. The summed E-state index contributed by atoms with van der Waals surface area (Å²) in [6.07, 6.45) is 0. The summed E-state index contributed by atoms with van der Waals surface area (Å²) in [5.74, 6) is 7.10. The van der Waals surface area contributed by atoms with Crippen LogP contribution in [0.2, 0.25) is 0 Å². The van der Waals surface area contributed by atoms with E-state index in [9.17, 15) is 0 Å². The summed E-state index contributed by atoms with van der Waals surface area (Å²) in [5.41, 5.74) is 2.84. The highest BCUT2D eigenvalue weighted by Gasteiger charge is 2.26. The van der Waals surface area contributed by atoms with E-state index in [0.717, 1.165) is 32.0 Å². The average Bonchev–Trinajstić information content (AvgIpc) is 2.38. The van der Waals surface area contributed by atoms with Crippen molar-refractivity contribution >= 4 is 11.6 Å². The molecular formula is C13H23N5. The van der Waals surface area contributed by atoms with Gasteiger partial charge in [-0.25, -0.2) is 10.8 Å². The Kier molecular flexibility index (Phi) is 3.73.